The highest BCUT2D eigenvalue weighted by Crippen LogP contribution is 2.29. The van der Waals surface area contributed by atoms with Gasteiger partial charge < -0.3 is 4.74 Å². The zero-order valence-electron chi connectivity index (χ0n) is 11.5. The number of aromatic amines is 1. The van der Waals surface area contributed by atoms with Crippen molar-refractivity contribution in [3.63, 3.8) is 0 Å². The van der Waals surface area contributed by atoms with Crippen molar-refractivity contribution in [3.05, 3.63) is 47.0 Å². The summed E-state index contributed by atoms with van der Waals surface area (Å²) in [5.41, 5.74) is 0.843. The van der Waals surface area contributed by atoms with Gasteiger partial charge in [0.25, 0.3) is 0 Å². The molecule has 1 aromatic heterocycles. The lowest BCUT2D eigenvalue weighted by Crippen LogP contribution is -2.06. The average Bonchev–Trinajstić information content (AvgIpc) is 2.87. The second-order valence-electron chi connectivity index (χ2n) is 4.64. The predicted molar refractivity (Wildman–Crippen MR) is 82.2 cm³/mol. The van der Waals surface area contributed by atoms with Gasteiger partial charge in [-0.2, -0.15) is 5.10 Å². The van der Waals surface area contributed by atoms with Crippen molar-refractivity contribution < 1.29 is 9.13 Å². The lowest BCUT2D eigenvalue weighted by Gasteiger charge is -2.09. The Morgan fingerprint density at radius 1 is 1.24 bits per heavy atom. The molecule has 3 rings (SSSR count). The Bertz CT molecular complexity index is 840. The highest BCUT2D eigenvalue weighted by molar-refractivity contribution is 7.71. The van der Waals surface area contributed by atoms with Gasteiger partial charge in [-0.05, 0) is 29.7 Å². The molecular weight excluding hydrogens is 289 g/mol. The Morgan fingerprint density at radius 2 is 2.00 bits per heavy atom. The van der Waals surface area contributed by atoms with Crippen molar-refractivity contribution in [2.75, 3.05) is 13.7 Å². The maximum Gasteiger partial charge on any atom is 0.195 e. The van der Waals surface area contributed by atoms with Crippen molar-refractivity contribution in [3.8, 4) is 11.4 Å². The van der Waals surface area contributed by atoms with Gasteiger partial charge in [-0.1, -0.05) is 24.3 Å². The van der Waals surface area contributed by atoms with Gasteiger partial charge >= 0.3 is 0 Å². The molecule has 0 unspecified atom stereocenters. The normalized spacial score (nSPS) is 11.1. The molecule has 0 aliphatic carbocycles. The van der Waals surface area contributed by atoms with Gasteiger partial charge in [0.1, 0.15) is 5.82 Å². The summed E-state index contributed by atoms with van der Waals surface area (Å²) in [6, 6.07) is 10.5. The van der Waals surface area contributed by atoms with Crippen LogP contribution in [-0.2, 0) is 11.3 Å². The zero-order chi connectivity index (χ0) is 14.8. The minimum absolute atomic E-state index is 0.244. The van der Waals surface area contributed by atoms with Gasteiger partial charge in [0.15, 0.2) is 10.6 Å². The number of fused-ring (bicyclic) bond motifs is 1. The first-order chi connectivity index (χ1) is 10.2. The van der Waals surface area contributed by atoms with Gasteiger partial charge in [0, 0.05) is 18.1 Å². The molecule has 1 N–H and O–H groups in total. The number of nitrogens with zero attached hydrogens (tertiary/aromatic N) is 2. The number of hydrogen-bond acceptors (Lipinski definition) is 3. The molecule has 0 aliphatic rings. The summed E-state index contributed by atoms with van der Waals surface area (Å²) in [7, 11) is 1.64. The molecular formula is C15H14FN3OS. The van der Waals surface area contributed by atoms with Crippen LogP contribution in [-0.4, -0.2) is 28.5 Å². The highest BCUT2D eigenvalue weighted by Gasteiger charge is 2.13. The van der Waals surface area contributed by atoms with Crippen LogP contribution in [0.1, 0.15) is 0 Å². The smallest absolute Gasteiger partial charge is 0.195 e. The zero-order valence-corrected chi connectivity index (χ0v) is 12.3. The largest absolute Gasteiger partial charge is 0.383 e. The van der Waals surface area contributed by atoms with Crippen molar-refractivity contribution in [1.29, 1.82) is 0 Å². The Morgan fingerprint density at radius 3 is 2.76 bits per heavy atom. The van der Waals surface area contributed by atoms with E-state index in [9.17, 15) is 4.39 Å². The van der Waals surface area contributed by atoms with E-state index < -0.39 is 0 Å². The second kappa shape index (κ2) is 5.75. The van der Waals surface area contributed by atoms with E-state index in [4.69, 9.17) is 17.0 Å². The summed E-state index contributed by atoms with van der Waals surface area (Å²) in [5, 5.41) is 8.46. The fourth-order valence-corrected chi connectivity index (χ4v) is 2.59. The summed E-state index contributed by atoms with van der Waals surface area (Å²) in [5.74, 6) is 0.445. The van der Waals surface area contributed by atoms with E-state index >= 15 is 0 Å². The fourth-order valence-electron chi connectivity index (χ4n) is 2.37. The molecule has 0 bridgehead atoms. The number of methoxy groups -OCH3 is 1. The maximum absolute atomic E-state index is 13.9. The molecule has 0 saturated heterocycles. The molecule has 0 aliphatic heterocycles. The van der Waals surface area contributed by atoms with E-state index in [1.165, 1.54) is 6.07 Å². The average molecular weight is 303 g/mol. The molecule has 0 radical (unpaired) electrons. The number of aromatic nitrogens is 3. The molecule has 2 aromatic carbocycles. The molecule has 0 saturated carbocycles. The first-order valence-corrected chi connectivity index (χ1v) is 6.95. The van der Waals surface area contributed by atoms with Crippen LogP contribution in [0.5, 0.6) is 0 Å². The third-order valence-corrected chi connectivity index (χ3v) is 3.70. The summed E-state index contributed by atoms with van der Waals surface area (Å²) in [6.45, 7) is 1.12. The van der Waals surface area contributed by atoms with Crippen LogP contribution < -0.4 is 0 Å². The minimum Gasteiger partial charge on any atom is -0.383 e. The molecule has 21 heavy (non-hydrogen) atoms. The topological polar surface area (TPSA) is 42.8 Å². The molecule has 0 atom stereocenters. The number of benzene rings is 2. The number of ether oxygens (including phenoxy) is 1. The highest BCUT2D eigenvalue weighted by atomic mass is 32.1. The predicted octanol–water partition coefficient (Wildman–Crippen LogP) is 3.55. The molecule has 3 aromatic rings. The van der Waals surface area contributed by atoms with Gasteiger partial charge in [-0.25, -0.2) is 4.39 Å². The van der Waals surface area contributed by atoms with Crippen LogP contribution in [0.25, 0.3) is 22.2 Å². The molecule has 0 amide bonds. The van der Waals surface area contributed by atoms with Crippen molar-refractivity contribution >= 4 is 23.0 Å². The number of nitrogens with one attached hydrogen (secondary N) is 1. The summed E-state index contributed by atoms with van der Waals surface area (Å²) < 4.78 is 21.4. The van der Waals surface area contributed by atoms with Crippen LogP contribution in [0.4, 0.5) is 4.39 Å². The molecule has 4 nitrogen and oxygen atoms in total. The van der Waals surface area contributed by atoms with Gasteiger partial charge in [-0.3, -0.25) is 9.67 Å². The van der Waals surface area contributed by atoms with Crippen molar-refractivity contribution in [1.82, 2.24) is 14.8 Å². The quantitative estimate of drug-likeness (QED) is 0.750. The SMILES string of the molecule is COCCn1c(-c2ccc(F)c3ccccc23)n[nH]c1=S. The monoisotopic (exact) mass is 303 g/mol. The molecule has 108 valence electrons. The Labute approximate surface area is 126 Å². The van der Waals surface area contributed by atoms with Crippen molar-refractivity contribution in [2.24, 2.45) is 0 Å². The number of halogens is 1. The standard InChI is InChI=1S/C15H14FN3OS/c1-20-9-8-19-14(17-18-15(19)21)12-6-7-13(16)11-5-3-2-4-10(11)12/h2-7H,8-9H2,1H3,(H,18,21). The maximum atomic E-state index is 13.9. The van der Waals surface area contributed by atoms with E-state index in [1.54, 1.807) is 19.2 Å². The van der Waals surface area contributed by atoms with E-state index in [2.05, 4.69) is 10.2 Å². The lowest BCUT2D eigenvalue weighted by molar-refractivity contribution is 0.187. The number of H-pyrrole nitrogens is 1. The van der Waals surface area contributed by atoms with E-state index in [1.807, 2.05) is 22.8 Å². The Kier molecular flexibility index (Phi) is 3.81. The fraction of sp³-hybridized carbons (Fsp3) is 0.200. The molecule has 1 heterocycles. The lowest BCUT2D eigenvalue weighted by atomic mass is 10.0. The van der Waals surface area contributed by atoms with Crippen LogP contribution in [0.3, 0.4) is 0 Å². The van der Waals surface area contributed by atoms with Gasteiger partial charge in [0.05, 0.1) is 13.2 Å². The summed E-state index contributed by atoms with van der Waals surface area (Å²) >= 11 is 5.25. The van der Waals surface area contributed by atoms with Gasteiger partial charge in [0.2, 0.25) is 0 Å². The number of hydrogen-bond donors (Lipinski definition) is 1. The van der Waals surface area contributed by atoms with Crippen LogP contribution in [0, 0.1) is 10.6 Å². The third kappa shape index (κ3) is 2.48. The van der Waals surface area contributed by atoms with Crippen LogP contribution >= 0.6 is 12.2 Å². The van der Waals surface area contributed by atoms with Crippen LogP contribution in [0.2, 0.25) is 0 Å². The molecule has 0 fully saturated rings. The Hall–Kier alpha value is -2.05. The van der Waals surface area contributed by atoms with E-state index in [-0.39, 0.29) is 5.82 Å². The second-order valence-corrected chi connectivity index (χ2v) is 5.02. The summed E-state index contributed by atoms with van der Waals surface area (Å²) in [4.78, 5) is 0. The molecule has 0 spiro atoms. The van der Waals surface area contributed by atoms with Crippen molar-refractivity contribution in [2.45, 2.75) is 6.54 Å². The number of rotatable bonds is 4. The molecule has 6 heteroatoms. The van der Waals surface area contributed by atoms with Crippen LogP contribution in [0.15, 0.2) is 36.4 Å². The van der Waals surface area contributed by atoms with Gasteiger partial charge in [-0.15, -0.1) is 0 Å². The first-order valence-electron chi connectivity index (χ1n) is 6.54. The summed E-state index contributed by atoms with van der Waals surface area (Å²) in [6.07, 6.45) is 0. The van der Waals surface area contributed by atoms with E-state index in [0.29, 0.717) is 29.1 Å². The third-order valence-electron chi connectivity index (χ3n) is 3.39. The van der Waals surface area contributed by atoms with E-state index in [0.717, 1.165) is 10.9 Å². The minimum atomic E-state index is -0.244. The first kappa shape index (κ1) is 13.9. The Balaban J connectivity index is 2.22.